The Hall–Kier alpha value is -2.77. The maximum absolute atomic E-state index is 12.1. The lowest BCUT2D eigenvalue weighted by atomic mass is 10.3. The Morgan fingerprint density at radius 1 is 1.32 bits per heavy atom. The van der Waals surface area contributed by atoms with Crippen LogP contribution in [-0.2, 0) is 16.6 Å². The van der Waals surface area contributed by atoms with Crippen molar-refractivity contribution in [2.24, 2.45) is 7.05 Å². The first-order valence-corrected chi connectivity index (χ1v) is 6.68. The second-order valence-electron chi connectivity index (χ2n) is 4.80. The van der Waals surface area contributed by atoms with Gasteiger partial charge in [0, 0.05) is 19.4 Å². The molecule has 0 aromatic carbocycles. The third kappa shape index (κ3) is 3.27. The summed E-state index contributed by atoms with van der Waals surface area (Å²) in [6, 6.07) is 0. The Morgan fingerprint density at radius 2 is 2.05 bits per heavy atom. The van der Waals surface area contributed by atoms with Crippen molar-refractivity contribution in [3.8, 4) is 0 Å². The number of nitrogens with zero attached hydrogens (tertiary/aromatic N) is 4. The van der Waals surface area contributed by atoms with Gasteiger partial charge in [0.25, 0.3) is 5.91 Å². The average Bonchev–Trinajstić information content (AvgIpc) is 2.74. The van der Waals surface area contributed by atoms with Gasteiger partial charge in [-0.3, -0.25) is 14.5 Å². The number of rotatable bonds is 4. The van der Waals surface area contributed by atoms with E-state index in [-0.39, 0.29) is 5.69 Å². The first-order chi connectivity index (χ1) is 10.4. The predicted octanol–water partition coefficient (Wildman–Crippen LogP) is 1.01. The van der Waals surface area contributed by atoms with Gasteiger partial charge in [0.1, 0.15) is 0 Å². The molecular formula is C14H17N5O3. The monoisotopic (exact) mass is 303 g/mol. The van der Waals surface area contributed by atoms with Crippen LogP contribution in [0.4, 0.5) is 5.69 Å². The normalized spacial score (nSPS) is 11.8. The van der Waals surface area contributed by atoms with Crippen molar-refractivity contribution in [3.63, 3.8) is 0 Å². The van der Waals surface area contributed by atoms with E-state index in [4.69, 9.17) is 4.74 Å². The second kappa shape index (κ2) is 6.33. The van der Waals surface area contributed by atoms with Gasteiger partial charge in [0.2, 0.25) is 0 Å². The van der Waals surface area contributed by atoms with Crippen molar-refractivity contribution in [2.45, 2.75) is 26.9 Å². The smallest absolute Gasteiger partial charge is 0.359 e. The lowest BCUT2D eigenvalue weighted by Gasteiger charge is -2.13. The van der Waals surface area contributed by atoms with Crippen molar-refractivity contribution in [1.82, 2.24) is 19.7 Å². The summed E-state index contributed by atoms with van der Waals surface area (Å²) in [7, 11) is 1.79. The van der Waals surface area contributed by atoms with Crippen LogP contribution in [0.1, 0.15) is 28.8 Å². The first kappa shape index (κ1) is 15.6. The molecule has 1 N–H and O–H groups in total. The third-order valence-corrected chi connectivity index (χ3v) is 3.18. The number of carbonyl (C=O) groups excluding carboxylic acids is 2. The number of hydrogen-bond donors (Lipinski definition) is 1. The number of esters is 1. The van der Waals surface area contributed by atoms with Gasteiger partial charge in [-0.2, -0.15) is 5.10 Å². The van der Waals surface area contributed by atoms with Gasteiger partial charge in [-0.15, -0.1) is 0 Å². The molecule has 2 rings (SSSR count). The molecule has 0 aliphatic rings. The fourth-order valence-corrected chi connectivity index (χ4v) is 1.86. The molecule has 0 bridgehead atoms. The van der Waals surface area contributed by atoms with E-state index in [0.29, 0.717) is 11.4 Å². The quantitative estimate of drug-likeness (QED) is 0.846. The van der Waals surface area contributed by atoms with Gasteiger partial charge in [-0.05, 0) is 20.8 Å². The molecule has 0 unspecified atom stereocenters. The number of amides is 1. The molecule has 1 amide bonds. The number of nitrogens with one attached hydrogen (secondary N) is 1. The van der Waals surface area contributed by atoms with E-state index < -0.39 is 18.0 Å². The number of hydrogen-bond acceptors (Lipinski definition) is 6. The molecule has 0 aliphatic heterocycles. The lowest BCUT2D eigenvalue weighted by Crippen LogP contribution is -2.30. The molecule has 116 valence electrons. The zero-order valence-electron chi connectivity index (χ0n) is 12.8. The Labute approximate surface area is 127 Å². The van der Waals surface area contributed by atoms with E-state index >= 15 is 0 Å². The minimum Gasteiger partial charge on any atom is -0.448 e. The van der Waals surface area contributed by atoms with Crippen LogP contribution in [0.15, 0.2) is 18.6 Å². The molecule has 22 heavy (non-hydrogen) atoms. The molecule has 0 saturated carbocycles. The number of aromatic nitrogens is 4. The van der Waals surface area contributed by atoms with E-state index in [0.717, 1.165) is 5.69 Å². The van der Waals surface area contributed by atoms with E-state index in [2.05, 4.69) is 20.4 Å². The topological polar surface area (TPSA) is 99.0 Å². The number of ether oxygens (including phenoxy) is 1. The summed E-state index contributed by atoms with van der Waals surface area (Å²) in [5, 5.41) is 6.93. The average molecular weight is 303 g/mol. The maximum Gasteiger partial charge on any atom is 0.359 e. The minimum atomic E-state index is -0.964. The summed E-state index contributed by atoms with van der Waals surface area (Å²) < 4.78 is 6.74. The van der Waals surface area contributed by atoms with Crippen molar-refractivity contribution in [1.29, 1.82) is 0 Å². The molecular weight excluding hydrogens is 286 g/mol. The summed E-state index contributed by atoms with van der Waals surface area (Å²) >= 11 is 0. The highest BCUT2D eigenvalue weighted by molar-refractivity contribution is 5.97. The highest BCUT2D eigenvalue weighted by Gasteiger charge is 2.22. The fourth-order valence-electron chi connectivity index (χ4n) is 1.86. The SMILES string of the molecule is Cc1nn(C)c(C)c1NC(=O)[C@H](C)OC(=O)c1cnccn1. The zero-order valence-corrected chi connectivity index (χ0v) is 12.8. The summed E-state index contributed by atoms with van der Waals surface area (Å²) in [5.74, 6) is -1.13. The molecule has 2 aromatic heterocycles. The van der Waals surface area contributed by atoms with Crippen LogP contribution in [0.25, 0.3) is 0 Å². The standard InChI is InChI=1S/C14H17N5O3/c1-8-12(9(2)19(4)18-8)17-13(20)10(3)22-14(21)11-7-15-5-6-16-11/h5-7,10H,1-4H3,(H,17,20)/t10-/m0/s1. The highest BCUT2D eigenvalue weighted by atomic mass is 16.5. The number of carbonyl (C=O) groups is 2. The van der Waals surface area contributed by atoms with Crippen LogP contribution in [0.2, 0.25) is 0 Å². The molecule has 0 aliphatic carbocycles. The van der Waals surface area contributed by atoms with Crippen LogP contribution in [0.3, 0.4) is 0 Å². The predicted molar refractivity (Wildman–Crippen MR) is 78.2 cm³/mol. The van der Waals surface area contributed by atoms with Crippen LogP contribution in [0.5, 0.6) is 0 Å². The summed E-state index contributed by atoms with van der Waals surface area (Å²) in [4.78, 5) is 31.6. The Kier molecular flexibility index (Phi) is 4.50. The molecule has 8 heteroatoms. The van der Waals surface area contributed by atoms with E-state index in [1.54, 1.807) is 18.7 Å². The Morgan fingerprint density at radius 3 is 2.59 bits per heavy atom. The van der Waals surface area contributed by atoms with Crippen molar-refractivity contribution < 1.29 is 14.3 Å². The molecule has 0 spiro atoms. The minimum absolute atomic E-state index is 0.0517. The zero-order chi connectivity index (χ0) is 16.3. The summed E-state index contributed by atoms with van der Waals surface area (Å²) in [6.45, 7) is 5.12. The van der Waals surface area contributed by atoms with Crippen molar-refractivity contribution in [3.05, 3.63) is 35.7 Å². The molecule has 1 atom stereocenters. The molecule has 2 heterocycles. The summed E-state index contributed by atoms with van der Waals surface area (Å²) in [6.07, 6.45) is 3.14. The fraction of sp³-hybridized carbons (Fsp3) is 0.357. The van der Waals surface area contributed by atoms with Crippen LogP contribution < -0.4 is 5.32 Å². The molecule has 0 fully saturated rings. The largest absolute Gasteiger partial charge is 0.448 e. The van der Waals surface area contributed by atoms with Gasteiger partial charge in [-0.1, -0.05) is 0 Å². The van der Waals surface area contributed by atoms with E-state index in [1.165, 1.54) is 25.5 Å². The van der Waals surface area contributed by atoms with Gasteiger partial charge < -0.3 is 10.1 Å². The van der Waals surface area contributed by atoms with Gasteiger partial charge in [0.15, 0.2) is 11.8 Å². The molecule has 2 aromatic rings. The van der Waals surface area contributed by atoms with Gasteiger partial charge in [0.05, 0.1) is 23.3 Å². The van der Waals surface area contributed by atoms with E-state index in [9.17, 15) is 9.59 Å². The number of anilines is 1. The molecule has 8 nitrogen and oxygen atoms in total. The van der Waals surface area contributed by atoms with E-state index in [1.807, 2.05) is 6.92 Å². The van der Waals surface area contributed by atoms with Crippen LogP contribution in [0, 0.1) is 13.8 Å². The summed E-state index contributed by atoms with van der Waals surface area (Å²) in [5.41, 5.74) is 2.19. The van der Waals surface area contributed by atoms with Gasteiger partial charge in [-0.25, -0.2) is 9.78 Å². The van der Waals surface area contributed by atoms with Crippen molar-refractivity contribution in [2.75, 3.05) is 5.32 Å². The number of aryl methyl sites for hydroxylation is 2. The molecule has 0 radical (unpaired) electrons. The highest BCUT2D eigenvalue weighted by Crippen LogP contribution is 2.18. The van der Waals surface area contributed by atoms with Crippen molar-refractivity contribution >= 4 is 17.6 Å². The van der Waals surface area contributed by atoms with Crippen LogP contribution >= 0.6 is 0 Å². The first-order valence-electron chi connectivity index (χ1n) is 6.68. The third-order valence-electron chi connectivity index (χ3n) is 3.18. The van der Waals surface area contributed by atoms with Crippen LogP contribution in [-0.4, -0.2) is 37.7 Å². The van der Waals surface area contributed by atoms with Gasteiger partial charge >= 0.3 is 5.97 Å². The Balaban J connectivity index is 2.02. The second-order valence-corrected chi connectivity index (χ2v) is 4.80. The molecule has 0 saturated heterocycles. The lowest BCUT2D eigenvalue weighted by molar-refractivity contribution is -0.123. The maximum atomic E-state index is 12.1. The Bertz CT molecular complexity index is 696.